The van der Waals surface area contributed by atoms with Crippen LogP contribution < -0.4 is 15.7 Å². The van der Waals surface area contributed by atoms with E-state index >= 15 is 0 Å². The summed E-state index contributed by atoms with van der Waals surface area (Å²) in [7, 11) is -1.39. The molecule has 0 unspecified atom stereocenters. The van der Waals surface area contributed by atoms with E-state index < -0.39 is 20.4 Å². The van der Waals surface area contributed by atoms with Gasteiger partial charge in [0, 0.05) is 9.85 Å². The van der Waals surface area contributed by atoms with Crippen LogP contribution in [0.2, 0.25) is 5.04 Å². The number of carbonyl (C=O) groups is 1. The fraction of sp³-hybridized carbons (Fsp3) is 0.280. The topological polar surface area (TPSA) is 47.6 Å². The van der Waals surface area contributed by atoms with Crippen molar-refractivity contribution in [1.82, 2.24) is 0 Å². The normalized spacial score (nSPS) is 12.8. The molecule has 3 aromatic rings. The van der Waals surface area contributed by atoms with E-state index in [9.17, 15) is 4.79 Å². The Balaban J connectivity index is 2.01. The Bertz CT molecular complexity index is 1070. The van der Waals surface area contributed by atoms with Gasteiger partial charge in [-0.25, -0.2) is 4.79 Å². The monoisotopic (exact) mass is 561 g/mol. The Morgan fingerprint density at radius 3 is 2.03 bits per heavy atom. The minimum Gasteiger partial charge on any atom is -0.465 e. The largest absolute Gasteiger partial charge is 0.465 e. The van der Waals surface area contributed by atoms with Crippen LogP contribution in [0, 0.1) is 0 Å². The number of benzene rings is 2. The molecule has 8 heteroatoms. The van der Waals surface area contributed by atoms with Crippen molar-refractivity contribution < 1.29 is 14.0 Å². The summed E-state index contributed by atoms with van der Waals surface area (Å²) in [5.74, 6) is -0.422. The molecule has 0 aliphatic carbocycles. The molecule has 0 amide bonds. The van der Waals surface area contributed by atoms with Crippen LogP contribution in [0.5, 0.6) is 0 Å². The van der Waals surface area contributed by atoms with Crippen molar-refractivity contribution in [2.45, 2.75) is 38.8 Å². The van der Waals surface area contributed by atoms with Crippen LogP contribution in [0.25, 0.3) is 0 Å². The van der Waals surface area contributed by atoms with E-state index in [1.807, 2.05) is 24.4 Å². The SMILES string of the molecule is COC(=O)c1c(Br)csc1NC(=S)[C@H](C)O[Si](c1ccccc1)(c1ccccc1)C(C)(C)C. The van der Waals surface area contributed by atoms with Gasteiger partial charge in [0.05, 0.1) is 13.2 Å². The van der Waals surface area contributed by atoms with Crippen molar-refractivity contribution in [3.63, 3.8) is 0 Å². The number of methoxy groups -OCH3 is 1. The number of carbonyl (C=O) groups excluding carboxylic acids is 1. The second-order valence-corrected chi connectivity index (χ2v) is 15.1. The van der Waals surface area contributed by atoms with E-state index in [4.69, 9.17) is 21.4 Å². The summed E-state index contributed by atoms with van der Waals surface area (Å²) in [5.41, 5.74) is 0.433. The highest BCUT2D eigenvalue weighted by atomic mass is 79.9. The van der Waals surface area contributed by atoms with Gasteiger partial charge in [-0.15, -0.1) is 11.3 Å². The highest BCUT2D eigenvalue weighted by Crippen LogP contribution is 2.38. The third-order valence-corrected chi connectivity index (χ3v) is 12.9. The Kier molecular flexibility index (Phi) is 8.29. The van der Waals surface area contributed by atoms with Crippen LogP contribution >= 0.6 is 39.5 Å². The van der Waals surface area contributed by atoms with Crippen molar-refractivity contribution >= 4 is 74.1 Å². The number of ether oxygens (including phenoxy) is 1. The molecule has 3 rings (SSSR count). The molecule has 0 spiro atoms. The fourth-order valence-electron chi connectivity index (χ4n) is 3.94. The molecule has 1 heterocycles. The smallest absolute Gasteiger partial charge is 0.342 e. The van der Waals surface area contributed by atoms with Crippen LogP contribution in [0.4, 0.5) is 5.00 Å². The molecule has 1 N–H and O–H groups in total. The van der Waals surface area contributed by atoms with Gasteiger partial charge in [-0.2, -0.15) is 0 Å². The molecular formula is C25H28BrNO3S2Si. The average Bonchev–Trinajstić information content (AvgIpc) is 3.16. The molecule has 0 bridgehead atoms. The van der Waals surface area contributed by atoms with Gasteiger partial charge in [-0.1, -0.05) is 93.7 Å². The van der Waals surface area contributed by atoms with Crippen molar-refractivity contribution in [3.05, 3.63) is 76.1 Å². The second kappa shape index (κ2) is 10.6. The maximum Gasteiger partial charge on any atom is 0.342 e. The summed E-state index contributed by atoms with van der Waals surface area (Å²) in [6, 6.07) is 20.9. The van der Waals surface area contributed by atoms with Gasteiger partial charge >= 0.3 is 5.97 Å². The van der Waals surface area contributed by atoms with Gasteiger partial charge < -0.3 is 14.5 Å². The zero-order chi connectivity index (χ0) is 24.2. The van der Waals surface area contributed by atoms with Crippen molar-refractivity contribution in [2.24, 2.45) is 0 Å². The van der Waals surface area contributed by atoms with Gasteiger partial charge in [0.2, 0.25) is 0 Å². The Hall–Kier alpha value is -1.84. The maximum absolute atomic E-state index is 12.2. The van der Waals surface area contributed by atoms with Crippen LogP contribution in [0.3, 0.4) is 0 Å². The fourth-order valence-corrected chi connectivity index (χ4v) is 10.5. The lowest BCUT2D eigenvalue weighted by atomic mass is 10.2. The van der Waals surface area contributed by atoms with Crippen LogP contribution in [0.1, 0.15) is 38.1 Å². The van der Waals surface area contributed by atoms with Crippen LogP contribution in [-0.2, 0) is 9.16 Å². The standard InChI is InChI=1S/C25H28BrNO3S2Si/c1-17(22(31)27-23-21(24(28)29-5)20(26)16-32-23)30-33(25(2,3)4,18-12-8-6-9-13-18)19-14-10-7-11-15-19/h6-17H,1-5H3,(H,27,31)/t17-/m0/s1. The van der Waals surface area contributed by atoms with Gasteiger partial charge in [-0.3, -0.25) is 0 Å². The lowest BCUT2D eigenvalue weighted by molar-refractivity contribution is 0.0601. The lowest BCUT2D eigenvalue weighted by Gasteiger charge is -2.44. The summed E-state index contributed by atoms with van der Waals surface area (Å²) in [4.78, 5) is 12.8. The molecule has 0 saturated heterocycles. The molecule has 2 aromatic carbocycles. The molecule has 1 aromatic heterocycles. The maximum atomic E-state index is 12.2. The Labute approximate surface area is 214 Å². The number of nitrogens with one attached hydrogen (secondary N) is 1. The minimum absolute atomic E-state index is 0.164. The molecule has 33 heavy (non-hydrogen) atoms. The molecule has 1 atom stereocenters. The number of hydrogen-bond donors (Lipinski definition) is 1. The van der Waals surface area contributed by atoms with Crippen LogP contribution in [-0.4, -0.2) is 32.5 Å². The number of rotatable bonds is 7. The summed E-state index contributed by atoms with van der Waals surface area (Å²) in [6.07, 6.45) is -0.391. The first kappa shape index (κ1) is 25.8. The van der Waals surface area contributed by atoms with Crippen molar-refractivity contribution in [2.75, 3.05) is 12.4 Å². The van der Waals surface area contributed by atoms with Gasteiger partial charge in [0.15, 0.2) is 0 Å². The third-order valence-electron chi connectivity index (χ3n) is 5.51. The molecular weight excluding hydrogens is 534 g/mol. The predicted molar refractivity (Wildman–Crippen MR) is 148 cm³/mol. The molecule has 174 valence electrons. The molecule has 0 radical (unpaired) electrons. The van der Waals surface area contributed by atoms with E-state index in [1.54, 1.807) is 0 Å². The average molecular weight is 563 g/mol. The quantitative estimate of drug-likeness (QED) is 0.218. The Morgan fingerprint density at radius 2 is 1.58 bits per heavy atom. The molecule has 4 nitrogen and oxygen atoms in total. The van der Waals surface area contributed by atoms with E-state index in [1.165, 1.54) is 28.8 Å². The zero-order valence-electron chi connectivity index (χ0n) is 19.3. The van der Waals surface area contributed by atoms with Gasteiger partial charge in [0.25, 0.3) is 8.32 Å². The van der Waals surface area contributed by atoms with E-state index in [0.717, 1.165) is 0 Å². The van der Waals surface area contributed by atoms with Crippen LogP contribution in [0.15, 0.2) is 70.5 Å². The first-order valence-corrected chi connectivity index (χ1v) is 14.6. The first-order chi connectivity index (χ1) is 15.6. The van der Waals surface area contributed by atoms with Gasteiger partial charge in [0.1, 0.15) is 15.6 Å². The zero-order valence-corrected chi connectivity index (χ0v) is 23.6. The van der Waals surface area contributed by atoms with E-state index in [-0.39, 0.29) is 5.04 Å². The highest BCUT2D eigenvalue weighted by Gasteiger charge is 2.51. The third kappa shape index (κ3) is 5.30. The summed E-state index contributed by atoms with van der Waals surface area (Å²) >= 11 is 10.6. The number of hydrogen-bond acceptors (Lipinski definition) is 5. The Morgan fingerprint density at radius 1 is 1.06 bits per heavy atom. The minimum atomic E-state index is -2.75. The van der Waals surface area contributed by atoms with E-state index in [0.29, 0.717) is 20.0 Å². The number of anilines is 1. The summed E-state index contributed by atoms with van der Waals surface area (Å²) in [5, 5.41) is 7.92. The van der Waals surface area contributed by atoms with E-state index in [2.05, 4.69) is 90.5 Å². The number of halogens is 1. The number of esters is 1. The summed E-state index contributed by atoms with van der Waals surface area (Å²) < 4.78 is 12.7. The molecule has 0 aliphatic rings. The highest BCUT2D eigenvalue weighted by molar-refractivity contribution is 9.10. The lowest BCUT2D eigenvalue weighted by Crippen LogP contribution is -2.68. The first-order valence-electron chi connectivity index (χ1n) is 10.6. The molecule has 0 aliphatic heterocycles. The molecule has 0 fully saturated rings. The second-order valence-electron chi connectivity index (χ2n) is 8.69. The van der Waals surface area contributed by atoms with Crippen molar-refractivity contribution in [3.8, 4) is 0 Å². The summed E-state index contributed by atoms with van der Waals surface area (Å²) in [6.45, 7) is 8.66. The number of thiocarbonyl (C=S) groups is 1. The number of thiophene rings is 1. The predicted octanol–water partition coefficient (Wildman–Crippen LogP) is 6.00. The molecule has 0 saturated carbocycles. The van der Waals surface area contributed by atoms with Gasteiger partial charge in [-0.05, 0) is 38.3 Å². The van der Waals surface area contributed by atoms with Crippen molar-refractivity contribution in [1.29, 1.82) is 0 Å².